The smallest absolute Gasteiger partial charge is 0.145 e. The Morgan fingerprint density at radius 2 is 2.03 bits per heavy atom. The minimum atomic E-state index is -0.367. The molecule has 2 N–H and O–H groups in total. The topological polar surface area (TPSA) is 72.5 Å². The fraction of sp³-hybridized carbons (Fsp3) is 0.500. The summed E-state index contributed by atoms with van der Waals surface area (Å²) in [5, 5.41) is 6.97. The van der Waals surface area contributed by atoms with Gasteiger partial charge in [0, 0.05) is 68.0 Å². The normalized spacial score (nSPS) is 20.0. The number of hydrogen-bond acceptors (Lipinski definition) is 6. The number of nitrogens with one attached hydrogen (secondary N) is 2. The molecule has 0 spiro atoms. The summed E-state index contributed by atoms with van der Waals surface area (Å²) < 4.78 is 25.6. The van der Waals surface area contributed by atoms with Crippen LogP contribution in [0.4, 0.5) is 10.1 Å². The van der Waals surface area contributed by atoms with Crippen LogP contribution < -0.4 is 10.6 Å². The van der Waals surface area contributed by atoms with E-state index >= 15 is 0 Å². The summed E-state index contributed by atoms with van der Waals surface area (Å²) in [5.41, 5.74) is 2.33. The molecule has 2 aromatic rings. The van der Waals surface area contributed by atoms with Gasteiger partial charge in [0.1, 0.15) is 11.6 Å². The van der Waals surface area contributed by atoms with Crippen LogP contribution in [0, 0.1) is 17.7 Å². The Morgan fingerprint density at radius 1 is 1.19 bits per heavy atom. The predicted octanol–water partition coefficient (Wildman–Crippen LogP) is 3.73. The number of carbonyl (C=O) groups is 1. The third-order valence-corrected chi connectivity index (χ3v) is 6.35. The second-order valence-electron chi connectivity index (χ2n) is 8.41. The van der Waals surface area contributed by atoms with E-state index in [9.17, 15) is 9.18 Å². The number of anilines is 1. The quantitative estimate of drug-likeness (QED) is 0.654. The molecule has 0 saturated carbocycles. The first-order valence-corrected chi connectivity index (χ1v) is 11.5. The molecule has 0 unspecified atom stereocenters. The Morgan fingerprint density at radius 3 is 2.88 bits per heavy atom. The molecule has 0 amide bonds. The zero-order chi connectivity index (χ0) is 22.3. The SMILES string of the molecule is O=C(Cc1cc(-c2cc(NCC3CCOCC3)ccc2F)c(Cl)cn1)[C@H]1CNCCOC1. The highest BCUT2D eigenvalue weighted by Crippen LogP contribution is 2.32. The molecule has 0 radical (unpaired) electrons. The number of nitrogens with zero attached hydrogens (tertiary/aromatic N) is 1. The van der Waals surface area contributed by atoms with Crippen molar-refractivity contribution < 1.29 is 18.7 Å². The van der Waals surface area contributed by atoms with Crippen molar-refractivity contribution in [3.63, 3.8) is 0 Å². The highest BCUT2D eigenvalue weighted by molar-refractivity contribution is 6.33. The summed E-state index contributed by atoms with van der Waals surface area (Å²) in [6.45, 7) is 4.74. The lowest BCUT2D eigenvalue weighted by Crippen LogP contribution is -2.30. The highest BCUT2D eigenvalue weighted by Gasteiger charge is 2.22. The van der Waals surface area contributed by atoms with Gasteiger partial charge in [-0.15, -0.1) is 0 Å². The lowest BCUT2D eigenvalue weighted by atomic mass is 9.98. The Bertz CT molecular complexity index is 929. The Kier molecular flexibility index (Phi) is 8.08. The zero-order valence-electron chi connectivity index (χ0n) is 18.0. The molecule has 1 aromatic heterocycles. The first-order valence-electron chi connectivity index (χ1n) is 11.2. The number of benzene rings is 1. The number of ketones is 1. The largest absolute Gasteiger partial charge is 0.385 e. The third-order valence-electron chi connectivity index (χ3n) is 6.05. The third kappa shape index (κ3) is 6.04. The Labute approximate surface area is 192 Å². The first kappa shape index (κ1) is 23.1. The van der Waals surface area contributed by atoms with Gasteiger partial charge in [0.2, 0.25) is 0 Å². The van der Waals surface area contributed by atoms with Gasteiger partial charge in [0.05, 0.1) is 24.2 Å². The fourth-order valence-electron chi connectivity index (χ4n) is 4.07. The van der Waals surface area contributed by atoms with Crippen molar-refractivity contribution in [2.75, 3.05) is 51.4 Å². The van der Waals surface area contributed by atoms with Crippen LogP contribution in [0.5, 0.6) is 0 Å². The van der Waals surface area contributed by atoms with Gasteiger partial charge in [0.15, 0.2) is 0 Å². The standard InChI is InChI=1S/C24H29ClFN3O3/c25-22-14-29-19(11-24(30)17-13-27-5-8-32-15-17)10-20(22)21-9-18(1-2-23(21)26)28-12-16-3-6-31-7-4-16/h1-2,9-10,14,16-17,27-28H,3-8,11-13,15H2/t17-/m0/s1. The molecule has 172 valence electrons. The molecule has 1 atom stereocenters. The molecule has 3 heterocycles. The van der Waals surface area contributed by atoms with Crippen molar-refractivity contribution >= 4 is 23.1 Å². The van der Waals surface area contributed by atoms with Crippen molar-refractivity contribution in [3.05, 3.63) is 47.0 Å². The molecule has 2 saturated heterocycles. The van der Waals surface area contributed by atoms with E-state index < -0.39 is 0 Å². The van der Waals surface area contributed by atoms with Crippen molar-refractivity contribution in [2.24, 2.45) is 11.8 Å². The summed E-state index contributed by atoms with van der Waals surface area (Å²) in [7, 11) is 0. The summed E-state index contributed by atoms with van der Waals surface area (Å²) in [5.74, 6) is 0.00982. The first-order chi connectivity index (χ1) is 15.6. The molecule has 2 aliphatic rings. The summed E-state index contributed by atoms with van der Waals surface area (Å²) >= 11 is 6.38. The second kappa shape index (κ2) is 11.2. The van der Waals surface area contributed by atoms with E-state index in [0.29, 0.717) is 47.5 Å². The summed E-state index contributed by atoms with van der Waals surface area (Å²) in [6, 6.07) is 6.66. The van der Waals surface area contributed by atoms with Crippen LogP contribution in [0.1, 0.15) is 18.5 Å². The summed E-state index contributed by atoms with van der Waals surface area (Å²) in [6.07, 6.45) is 3.69. The molecule has 6 nitrogen and oxygen atoms in total. The van der Waals surface area contributed by atoms with Gasteiger partial charge in [-0.3, -0.25) is 9.78 Å². The van der Waals surface area contributed by atoms with Crippen LogP contribution in [0.2, 0.25) is 5.02 Å². The molecule has 2 aliphatic heterocycles. The van der Waals surface area contributed by atoms with Crippen LogP contribution in [0.15, 0.2) is 30.5 Å². The molecule has 4 rings (SSSR count). The number of pyridine rings is 1. The molecule has 2 fully saturated rings. The highest BCUT2D eigenvalue weighted by atomic mass is 35.5. The number of hydrogen-bond donors (Lipinski definition) is 2. The fourth-order valence-corrected chi connectivity index (χ4v) is 4.28. The van der Waals surface area contributed by atoms with Crippen LogP contribution in [-0.4, -0.2) is 56.8 Å². The van der Waals surface area contributed by atoms with Gasteiger partial charge in [-0.1, -0.05) is 11.6 Å². The molecule has 0 aliphatic carbocycles. The molecular formula is C24H29ClFN3O3. The van der Waals surface area contributed by atoms with E-state index in [2.05, 4.69) is 15.6 Å². The number of ether oxygens (including phenoxy) is 2. The van der Waals surface area contributed by atoms with Crippen molar-refractivity contribution in [1.29, 1.82) is 0 Å². The molecular weight excluding hydrogens is 433 g/mol. The van der Waals surface area contributed by atoms with Crippen molar-refractivity contribution in [3.8, 4) is 11.1 Å². The Balaban J connectivity index is 1.49. The molecule has 8 heteroatoms. The molecule has 32 heavy (non-hydrogen) atoms. The minimum Gasteiger partial charge on any atom is -0.385 e. The van der Waals surface area contributed by atoms with E-state index in [1.165, 1.54) is 12.3 Å². The average molecular weight is 462 g/mol. The van der Waals surface area contributed by atoms with Gasteiger partial charge in [0.25, 0.3) is 0 Å². The predicted molar refractivity (Wildman–Crippen MR) is 123 cm³/mol. The van der Waals surface area contributed by atoms with Crippen LogP contribution >= 0.6 is 11.6 Å². The van der Waals surface area contributed by atoms with Crippen LogP contribution in [-0.2, 0) is 20.7 Å². The average Bonchev–Trinajstić information content (AvgIpc) is 3.10. The second-order valence-corrected chi connectivity index (χ2v) is 8.81. The van der Waals surface area contributed by atoms with Gasteiger partial charge in [-0.05, 0) is 43.0 Å². The van der Waals surface area contributed by atoms with Crippen LogP contribution in [0.3, 0.4) is 0 Å². The van der Waals surface area contributed by atoms with E-state index in [-0.39, 0.29) is 23.9 Å². The Hall–Kier alpha value is -2.06. The number of rotatable bonds is 7. The number of carbonyl (C=O) groups excluding carboxylic acids is 1. The monoisotopic (exact) mass is 461 g/mol. The van der Waals surface area contributed by atoms with E-state index in [0.717, 1.165) is 44.8 Å². The van der Waals surface area contributed by atoms with E-state index in [1.807, 2.05) is 0 Å². The van der Waals surface area contributed by atoms with E-state index in [1.54, 1.807) is 18.2 Å². The maximum Gasteiger partial charge on any atom is 0.145 e. The van der Waals surface area contributed by atoms with Crippen molar-refractivity contribution in [1.82, 2.24) is 10.3 Å². The van der Waals surface area contributed by atoms with Gasteiger partial charge >= 0.3 is 0 Å². The van der Waals surface area contributed by atoms with Crippen molar-refractivity contribution in [2.45, 2.75) is 19.3 Å². The van der Waals surface area contributed by atoms with E-state index in [4.69, 9.17) is 21.1 Å². The summed E-state index contributed by atoms with van der Waals surface area (Å²) in [4.78, 5) is 17.0. The lowest BCUT2D eigenvalue weighted by molar-refractivity contribution is -0.123. The maximum absolute atomic E-state index is 14.7. The maximum atomic E-state index is 14.7. The van der Waals surface area contributed by atoms with Gasteiger partial charge in [-0.2, -0.15) is 0 Å². The lowest BCUT2D eigenvalue weighted by Gasteiger charge is -2.23. The van der Waals surface area contributed by atoms with Gasteiger partial charge in [-0.25, -0.2) is 4.39 Å². The number of aromatic nitrogens is 1. The zero-order valence-corrected chi connectivity index (χ0v) is 18.8. The number of halogens is 2. The number of Topliss-reactive ketones (excluding diaryl/α,β-unsaturated/α-hetero) is 1. The molecule has 0 bridgehead atoms. The van der Waals surface area contributed by atoms with Gasteiger partial charge < -0.3 is 20.1 Å². The molecule has 1 aromatic carbocycles. The van der Waals surface area contributed by atoms with Crippen LogP contribution in [0.25, 0.3) is 11.1 Å². The minimum absolute atomic E-state index is 0.0486.